The summed E-state index contributed by atoms with van der Waals surface area (Å²) in [5.74, 6) is 0.501. The number of imidazole rings is 1. The largest absolute Gasteiger partial charge is 0.351 e. The number of nitrogens with one attached hydrogen (secondary N) is 1. The Morgan fingerprint density at radius 1 is 1.29 bits per heavy atom. The van der Waals surface area contributed by atoms with E-state index in [4.69, 9.17) is 0 Å². The van der Waals surface area contributed by atoms with E-state index in [1.807, 2.05) is 6.92 Å². The zero-order chi connectivity index (χ0) is 17.7. The first-order valence-electron chi connectivity index (χ1n) is 8.04. The predicted molar refractivity (Wildman–Crippen MR) is 95.5 cm³/mol. The van der Waals surface area contributed by atoms with Crippen LogP contribution in [0.5, 0.6) is 0 Å². The van der Waals surface area contributed by atoms with Gasteiger partial charge in [0.05, 0.1) is 11.4 Å². The van der Waals surface area contributed by atoms with Crippen molar-refractivity contribution in [1.82, 2.24) is 14.9 Å². The quantitative estimate of drug-likeness (QED) is 0.775. The minimum absolute atomic E-state index is 0.0567. The van der Waals surface area contributed by atoms with Crippen molar-refractivity contribution in [2.75, 3.05) is 5.75 Å². The van der Waals surface area contributed by atoms with Crippen LogP contribution < -0.4 is 5.32 Å². The standard InChI is InChI=1S/C18H24FN3OS/c1-12(2)10-22-14(4)13(3)21-18(22)24-11-17(23)20-9-15-5-7-16(19)8-6-15/h5-8,12H,9-11H2,1-4H3,(H,20,23). The number of thioether (sulfide) groups is 1. The number of hydrogen-bond donors (Lipinski definition) is 1. The van der Waals surface area contributed by atoms with E-state index in [2.05, 4.69) is 35.6 Å². The van der Waals surface area contributed by atoms with Crippen molar-refractivity contribution in [1.29, 1.82) is 0 Å². The molecule has 130 valence electrons. The van der Waals surface area contributed by atoms with Gasteiger partial charge in [-0.15, -0.1) is 0 Å². The molecule has 1 heterocycles. The van der Waals surface area contributed by atoms with Crippen molar-refractivity contribution in [2.45, 2.75) is 45.9 Å². The number of carbonyl (C=O) groups is 1. The summed E-state index contributed by atoms with van der Waals surface area (Å²) in [7, 11) is 0. The molecule has 0 unspecified atom stereocenters. The van der Waals surface area contributed by atoms with E-state index in [1.165, 1.54) is 23.9 Å². The first kappa shape index (κ1) is 18.5. The summed E-state index contributed by atoms with van der Waals surface area (Å²) in [5.41, 5.74) is 3.03. The number of nitrogens with zero attached hydrogens (tertiary/aromatic N) is 2. The normalized spacial score (nSPS) is 11.1. The van der Waals surface area contributed by atoms with E-state index in [0.717, 1.165) is 28.7 Å². The molecular formula is C18H24FN3OS. The van der Waals surface area contributed by atoms with Crippen LogP contribution in [0.15, 0.2) is 29.4 Å². The summed E-state index contributed by atoms with van der Waals surface area (Å²) in [5, 5.41) is 3.74. The second-order valence-corrected chi connectivity index (χ2v) is 7.20. The van der Waals surface area contributed by atoms with E-state index in [9.17, 15) is 9.18 Å². The second-order valence-electron chi connectivity index (χ2n) is 6.26. The third-order valence-corrected chi connectivity index (χ3v) is 4.68. The molecule has 0 atom stereocenters. The topological polar surface area (TPSA) is 46.9 Å². The molecule has 0 saturated heterocycles. The van der Waals surface area contributed by atoms with Crippen molar-refractivity contribution in [2.24, 2.45) is 5.92 Å². The lowest BCUT2D eigenvalue weighted by molar-refractivity contribution is -0.118. The van der Waals surface area contributed by atoms with Gasteiger partial charge in [0.15, 0.2) is 5.16 Å². The van der Waals surface area contributed by atoms with Crippen LogP contribution in [0, 0.1) is 25.6 Å². The Morgan fingerprint density at radius 2 is 1.96 bits per heavy atom. The molecule has 0 aliphatic heterocycles. The highest BCUT2D eigenvalue weighted by Gasteiger charge is 2.14. The summed E-state index contributed by atoms with van der Waals surface area (Å²) in [6.45, 7) is 9.68. The molecule has 2 aromatic rings. The number of carbonyl (C=O) groups excluding carboxylic acids is 1. The van der Waals surface area contributed by atoms with Crippen molar-refractivity contribution >= 4 is 17.7 Å². The molecule has 4 nitrogen and oxygen atoms in total. The van der Waals surface area contributed by atoms with Crippen LogP contribution in [-0.2, 0) is 17.9 Å². The van der Waals surface area contributed by atoms with Gasteiger partial charge in [0.2, 0.25) is 5.91 Å². The molecule has 1 N–H and O–H groups in total. The van der Waals surface area contributed by atoms with Gasteiger partial charge in [-0.3, -0.25) is 4.79 Å². The Hall–Kier alpha value is -1.82. The van der Waals surface area contributed by atoms with Crippen LogP contribution in [0.4, 0.5) is 4.39 Å². The predicted octanol–water partition coefficient (Wildman–Crippen LogP) is 3.70. The van der Waals surface area contributed by atoms with Gasteiger partial charge < -0.3 is 9.88 Å². The van der Waals surface area contributed by atoms with Gasteiger partial charge in [0.25, 0.3) is 0 Å². The molecular weight excluding hydrogens is 325 g/mol. The zero-order valence-corrected chi connectivity index (χ0v) is 15.4. The molecule has 0 aliphatic carbocycles. The SMILES string of the molecule is Cc1nc(SCC(=O)NCc2ccc(F)cc2)n(CC(C)C)c1C. The third-order valence-electron chi connectivity index (χ3n) is 3.71. The third kappa shape index (κ3) is 5.09. The molecule has 0 radical (unpaired) electrons. The number of hydrogen-bond acceptors (Lipinski definition) is 3. The number of amides is 1. The first-order chi connectivity index (χ1) is 11.4. The summed E-state index contributed by atoms with van der Waals surface area (Å²) < 4.78 is 15.0. The fraction of sp³-hybridized carbons (Fsp3) is 0.444. The fourth-order valence-corrected chi connectivity index (χ4v) is 3.23. The van der Waals surface area contributed by atoms with E-state index in [1.54, 1.807) is 12.1 Å². The van der Waals surface area contributed by atoms with Gasteiger partial charge in [0, 0.05) is 18.8 Å². The Kier molecular flexibility index (Phi) is 6.43. The van der Waals surface area contributed by atoms with Gasteiger partial charge in [-0.05, 0) is 37.5 Å². The molecule has 6 heteroatoms. The number of aromatic nitrogens is 2. The summed E-state index contributed by atoms with van der Waals surface area (Å²) in [4.78, 5) is 16.6. The maximum absolute atomic E-state index is 12.9. The van der Waals surface area contributed by atoms with Crippen molar-refractivity contribution in [3.63, 3.8) is 0 Å². The smallest absolute Gasteiger partial charge is 0.230 e. The van der Waals surface area contributed by atoms with Gasteiger partial charge in [-0.25, -0.2) is 9.37 Å². The maximum atomic E-state index is 12.9. The highest BCUT2D eigenvalue weighted by Crippen LogP contribution is 2.22. The van der Waals surface area contributed by atoms with E-state index in [-0.39, 0.29) is 11.7 Å². The van der Waals surface area contributed by atoms with Crippen LogP contribution in [-0.4, -0.2) is 21.2 Å². The average Bonchev–Trinajstić information content (AvgIpc) is 2.79. The average molecular weight is 349 g/mol. The zero-order valence-electron chi connectivity index (χ0n) is 14.6. The minimum Gasteiger partial charge on any atom is -0.351 e. The number of rotatable bonds is 7. The molecule has 0 saturated carbocycles. The van der Waals surface area contributed by atoms with Gasteiger partial charge >= 0.3 is 0 Å². The van der Waals surface area contributed by atoms with Crippen LogP contribution in [0.1, 0.15) is 30.8 Å². The van der Waals surface area contributed by atoms with Crippen molar-refractivity contribution in [3.05, 3.63) is 47.0 Å². The molecule has 0 bridgehead atoms. The number of benzene rings is 1. The second kappa shape index (κ2) is 8.33. The highest BCUT2D eigenvalue weighted by atomic mass is 32.2. The molecule has 2 rings (SSSR count). The van der Waals surface area contributed by atoms with Crippen LogP contribution in [0.3, 0.4) is 0 Å². The molecule has 1 aromatic heterocycles. The molecule has 1 amide bonds. The Balaban J connectivity index is 1.89. The molecule has 24 heavy (non-hydrogen) atoms. The fourth-order valence-electron chi connectivity index (χ4n) is 2.30. The number of aryl methyl sites for hydroxylation is 1. The minimum atomic E-state index is -0.275. The van der Waals surface area contributed by atoms with Gasteiger partial charge in [-0.1, -0.05) is 37.7 Å². The lowest BCUT2D eigenvalue weighted by Crippen LogP contribution is -2.24. The summed E-state index contributed by atoms with van der Waals surface area (Å²) >= 11 is 1.45. The monoisotopic (exact) mass is 349 g/mol. The molecule has 0 aliphatic rings. The highest BCUT2D eigenvalue weighted by molar-refractivity contribution is 7.99. The van der Waals surface area contributed by atoms with E-state index >= 15 is 0 Å². The van der Waals surface area contributed by atoms with Gasteiger partial charge in [-0.2, -0.15) is 0 Å². The Morgan fingerprint density at radius 3 is 2.58 bits per heavy atom. The Labute approximate surface area is 146 Å². The van der Waals surface area contributed by atoms with Crippen LogP contribution >= 0.6 is 11.8 Å². The lowest BCUT2D eigenvalue weighted by Gasteiger charge is -2.12. The van der Waals surface area contributed by atoms with E-state index in [0.29, 0.717) is 18.2 Å². The van der Waals surface area contributed by atoms with E-state index < -0.39 is 0 Å². The van der Waals surface area contributed by atoms with Crippen molar-refractivity contribution in [3.8, 4) is 0 Å². The lowest BCUT2D eigenvalue weighted by atomic mass is 10.2. The first-order valence-corrected chi connectivity index (χ1v) is 9.03. The van der Waals surface area contributed by atoms with Crippen LogP contribution in [0.2, 0.25) is 0 Å². The summed E-state index contributed by atoms with van der Waals surface area (Å²) in [6.07, 6.45) is 0. The maximum Gasteiger partial charge on any atom is 0.230 e. The number of halogens is 1. The molecule has 0 fully saturated rings. The Bertz CT molecular complexity index is 695. The summed E-state index contributed by atoms with van der Waals surface area (Å²) in [6, 6.07) is 6.13. The van der Waals surface area contributed by atoms with Crippen molar-refractivity contribution < 1.29 is 9.18 Å². The molecule has 0 spiro atoms. The van der Waals surface area contributed by atoms with Gasteiger partial charge in [0.1, 0.15) is 5.82 Å². The molecule has 1 aromatic carbocycles. The van der Waals surface area contributed by atoms with Crippen LogP contribution in [0.25, 0.3) is 0 Å².